The number of amides is 2. The molecule has 0 spiro atoms. The Morgan fingerprint density at radius 3 is 2.65 bits per heavy atom. The highest BCUT2D eigenvalue weighted by Gasteiger charge is 2.15. The molecule has 0 radical (unpaired) electrons. The molecular weight excluding hydrogens is 270 g/mol. The van der Waals surface area contributed by atoms with Gasteiger partial charge in [0.25, 0.3) is 5.91 Å². The van der Waals surface area contributed by atoms with Gasteiger partial charge in [0, 0.05) is 6.54 Å². The van der Waals surface area contributed by atoms with Crippen molar-refractivity contribution in [3.63, 3.8) is 0 Å². The van der Waals surface area contributed by atoms with Crippen molar-refractivity contribution in [2.45, 2.75) is 6.61 Å². The molecule has 7 heteroatoms. The Kier molecular flexibility index (Phi) is 6.15. The van der Waals surface area contributed by atoms with Gasteiger partial charge in [0.15, 0.2) is 0 Å². The first-order valence-electron chi connectivity index (χ1n) is 5.74. The molecule has 1 aromatic rings. The van der Waals surface area contributed by atoms with E-state index in [4.69, 9.17) is 0 Å². The molecule has 0 bridgehead atoms. The van der Waals surface area contributed by atoms with Crippen LogP contribution in [0.5, 0.6) is 5.75 Å². The quantitative estimate of drug-likeness (QED) is 0.742. The number of hydrogen-bond donors (Lipinski definition) is 2. The van der Waals surface area contributed by atoms with Crippen LogP contribution in [0.1, 0.15) is 10.4 Å². The molecule has 0 saturated heterocycles. The Morgan fingerprint density at radius 2 is 2.00 bits per heavy atom. The van der Waals surface area contributed by atoms with Crippen molar-refractivity contribution in [3.8, 4) is 5.75 Å². The SMILES string of the molecule is C=CCNC(=O)CNC(=O)c1ccccc1OC(F)F. The molecule has 0 aliphatic rings. The maximum atomic E-state index is 12.2. The number of alkyl halides is 2. The molecule has 1 aromatic carbocycles. The second-order valence-corrected chi connectivity index (χ2v) is 3.65. The maximum Gasteiger partial charge on any atom is 0.387 e. The van der Waals surface area contributed by atoms with Crippen LogP contribution in [0.3, 0.4) is 0 Å². The van der Waals surface area contributed by atoms with Crippen LogP contribution in [0, 0.1) is 0 Å². The van der Waals surface area contributed by atoms with Crippen LogP contribution < -0.4 is 15.4 Å². The van der Waals surface area contributed by atoms with Crippen molar-refractivity contribution in [3.05, 3.63) is 42.5 Å². The molecule has 108 valence electrons. The van der Waals surface area contributed by atoms with Crippen molar-refractivity contribution in [1.29, 1.82) is 0 Å². The number of benzene rings is 1. The minimum Gasteiger partial charge on any atom is -0.434 e. The van der Waals surface area contributed by atoms with E-state index >= 15 is 0 Å². The second kappa shape index (κ2) is 7.88. The number of halogens is 2. The Hall–Kier alpha value is -2.44. The normalized spacial score (nSPS) is 9.95. The molecule has 1 rings (SSSR count). The van der Waals surface area contributed by atoms with E-state index in [1.165, 1.54) is 30.3 Å². The van der Waals surface area contributed by atoms with Crippen molar-refractivity contribution >= 4 is 11.8 Å². The highest BCUT2D eigenvalue weighted by molar-refractivity contribution is 5.98. The van der Waals surface area contributed by atoms with Gasteiger partial charge in [-0.25, -0.2) is 0 Å². The van der Waals surface area contributed by atoms with E-state index in [1.807, 2.05) is 0 Å². The van der Waals surface area contributed by atoms with E-state index in [1.54, 1.807) is 0 Å². The Labute approximate surface area is 114 Å². The number of carbonyl (C=O) groups excluding carboxylic acids is 2. The summed E-state index contributed by atoms with van der Waals surface area (Å²) >= 11 is 0. The lowest BCUT2D eigenvalue weighted by Gasteiger charge is -2.10. The first kappa shape index (κ1) is 15.6. The third-order valence-electron chi connectivity index (χ3n) is 2.20. The fourth-order valence-corrected chi connectivity index (χ4v) is 1.36. The summed E-state index contributed by atoms with van der Waals surface area (Å²) in [4.78, 5) is 23.1. The molecule has 0 heterocycles. The lowest BCUT2D eigenvalue weighted by molar-refractivity contribution is -0.119. The van der Waals surface area contributed by atoms with E-state index in [0.717, 1.165) is 0 Å². The van der Waals surface area contributed by atoms with Gasteiger partial charge in [0.2, 0.25) is 5.91 Å². The summed E-state index contributed by atoms with van der Waals surface area (Å²) in [5.74, 6) is -1.33. The molecule has 20 heavy (non-hydrogen) atoms. The number of ether oxygens (including phenoxy) is 1. The summed E-state index contributed by atoms with van der Waals surface area (Å²) in [6, 6.07) is 5.55. The maximum absolute atomic E-state index is 12.2. The highest BCUT2D eigenvalue weighted by atomic mass is 19.3. The van der Waals surface area contributed by atoms with Gasteiger partial charge in [0.05, 0.1) is 12.1 Å². The van der Waals surface area contributed by atoms with Crippen LogP contribution >= 0.6 is 0 Å². The van der Waals surface area contributed by atoms with Gasteiger partial charge in [0.1, 0.15) is 5.75 Å². The predicted molar refractivity (Wildman–Crippen MR) is 68.6 cm³/mol. The van der Waals surface area contributed by atoms with Crippen LogP contribution in [-0.4, -0.2) is 31.5 Å². The number of rotatable bonds is 7. The van der Waals surface area contributed by atoms with E-state index in [0.29, 0.717) is 0 Å². The molecule has 5 nitrogen and oxygen atoms in total. The zero-order chi connectivity index (χ0) is 15.0. The van der Waals surface area contributed by atoms with Crippen LogP contribution in [0.25, 0.3) is 0 Å². The molecule has 0 unspecified atom stereocenters. The predicted octanol–water partition coefficient (Wildman–Crippen LogP) is 1.32. The number of carbonyl (C=O) groups is 2. The van der Waals surface area contributed by atoms with Gasteiger partial charge < -0.3 is 15.4 Å². The molecule has 2 amide bonds. The van der Waals surface area contributed by atoms with Crippen LogP contribution in [-0.2, 0) is 4.79 Å². The van der Waals surface area contributed by atoms with Gasteiger partial charge in [-0.15, -0.1) is 6.58 Å². The summed E-state index contributed by atoms with van der Waals surface area (Å²) < 4.78 is 28.6. The zero-order valence-corrected chi connectivity index (χ0v) is 10.6. The number of para-hydroxylation sites is 1. The van der Waals surface area contributed by atoms with Crippen molar-refractivity contribution < 1.29 is 23.1 Å². The van der Waals surface area contributed by atoms with Crippen LogP contribution in [0.4, 0.5) is 8.78 Å². The summed E-state index contributed by atoms with van der Waals surface area (Å²) in [5, 5.41) is 4.77. The monoisotopic (exact) mass is 284 g/mol. The van der Waals surface area contributed by atoms with Gasteiger partial charge in [-0.2, -0.15) is 8.78 Å². The minimum absolute atomic E-state index is 0.0654. The molecular formula is C13H14F2N2O3. The third-order valence-corrected chi connectivity index (χ3v) is 2.20. The summed E-state index contributed by atoms with van der Waals surface area (Å²) in [6.07, 6.45) is 1.49. The fourth-order valence-electron chi connectivity index (χ4n) is 1.36. The molecule has 0 aromatic heterocycles. The topological polar surface area (TPSA) is 67.4 Å². The summed E-state index contributed by atoms with van der Waals surface area (Å²) in [7, 11) is 0. The smallest absolute Gasteiger partial charge is 0.387 e. The minimum atomic E-state index is -3.03. The average molecular weight is 284 g/mol. The van der Waals surface area contributed by atoms with E-state index < -0.39 is 18.4 Å². The molecule has 0 aliphatic heterocycles. The number of hydrogen-bond acceptors (Lipinski definition) is 3. The average Bonchev–Trinajstić information content (AvgIpc) is 2.42. The Bertz CT molecular complexity index is 492. The van der Waals surface area contributed by atoms with Crippen LogP contribution in [0.15, 0.2) is 36.9 Å². The van der Waals surface area contributed by atoms with E-state index in [2.05, 4.69) is 21.9 Å². The number of nitrogens with one attached hydrogen (secondary N) is 2. The molecule has 0 atom stereocenters. The first-order valence-corrected chi connectivity index (χ1v) is 5.74. The van der Waals surface area contributed by atoms with Crippen molar-refractivity contribution in [1.82, 2.24) is 10.6 Å². The van der Waals surface area contributed by atoms with Crippen molar-refractivity contribution in [2.75, 3.05) is 13.1 Å². The van der Waals surface area contributed by atoms with Crippen molar-refractivity contribution in [2.24, 2.45) is 0 Å². The Morgan fingerprint density at radius 1 is 1.30 bits per heavy atom. The lowest BCUT2D eigenvalue weighted by Crippen LogP contribution is -2.37. The molecule has 0 aliphatic carbocycles. The highest BCUT2D eigenvalue weighted by Crippen LogP contribution is 2.19. The van der Waals surface area contributed by atoms with E-state index in [9.17, 15) is 18.4 Å². The van der Waals surface area contributed by atoms with Gasteiger partial charge in [-0.1, -0.05) is 18.2 Å². The van der Waals surface area contributed by atoms with Crippen LogP contribution in [0.2, 0.25) is 0 Å². The van der Waals surface area contributed by atoms with Gasteiger partial charge in [-0.05, 0) is 12.1 Å². The zero-order valence-electron chi connectivity index (χ0n) is 10.6. The third kappa shape index (κ3) is 5.05. The first-order chi connectivity index (χ1) is 9.54. The molecule has 2 N–H and O–H groups in total. The standard InChI is InChI=1S/C13H14F2N2O3/c1-2-7-16-11(18)8-17-12(19)9-5-3-4-6-10(9)20-13(14)15/h2-6,13H,1,7-8H2,(H,16,18)(H,17,19). The van der Waals surface area contributed by atoms with Gasteiger partial charge in [-0.3, -0.25) is 9.59 Å². The largest absolute Gasteiger partial charge is 0.434 e. The van der Waals surface area contributed by atoms with E-state index in [-0.39, 0.29) is 24.4 Å². The summed E-state index contributed by atoms with van der Waals surface area (Å²) in [5.41, 5.74) is -0.0654. The van der Waals surface area contributed by atoms with Gasteiger partial charge >= 0.3 is 6.61 Å². The second-order valence-electron chi connectivity index (χ2n) is 3.65. The molecule has 0 fully saturated rings. The Balaban J connectivity index is 2.63. The summed E-state index contributed by atoms with van der Waals surface area (Å²) in [6.45, 7) is 0.406. The molecule has 0 saturated carbocycles. The fraction of sp³-hybridized carbons (Fsp3) is 0.231. The lowest BCUT2D eigenvalue weighted by atomic mass is 10.2.